The number of urea groups is 1. The number of carbonyl (C=O) groups excluding carboxylic acids is 3. The molecule has 8 heteroatoms. The number of carbonyl (C=O) groups is 3. The van der Waals surface area contributed by atoms with Crippen molar-refractivity contribution in [3.05, 3.63) is 74.7 Å². The molecule has 6 nitrogen and oxygen atoms in total. The number of hydrogen-bond acceptors (Lipinski definition) is 4. The van der Waals surface area contributed by atoms with Gasteiger partial charge in [0.2, 0.25) is 0 Å². The first-order chi connectivity index (χ1) is 13.8. The molecule has 2 aromatic rings. The van der Waals surface area contributed by atoms with Gasteiger partial charge in [-0.05, 0) is 80.3 Å². The number of anilines is 1. The molecule has 0 radical (unpaired) electrons. The summed E-state index contributed by atoms with van der Waals surface area (Å²) in [5, 5.41) is 2.22. The Morgan fingerprint density at radius 2 is 1.83 bits per heavy atom. The van der Waals surface area contributed by atoms with Crippen molar-refractivity contribution in [2.45, 2.75) is 6.92 Å². The number of nitrogens with one attached hydrogen (secondary N) is 1. The minimum atomic E-state index is -0.779. The second-order valence-electron chi connectivity index (χ2n) is 6.21. The van der Waals surface area contributed by atoms with Gasteiger partial charge in [-0.15, -0.1) is 0 Å². The second-order valence-corrected chi connectivity index (χ2v) is 7.92. The lowest BCUT2D eigenvalue weighted by Crippen LogP contribution is -2.54. The Bertz CT molecular complexity index is 1040. The van der Waals surface area contributed by atoms with Crippen molar-refractivity contribution in [1.82, 2.24) is 5.32 Å². The molecule has 0 bridgehead atoms. The molecule has 1 heterocycles. The van der Waals surface area contributed by atoms with Gasteiger partial charge < -0.3 is 4.74 Å². The fourth-order valence-corrected chi connectivity index (χ4v) is 4.22. The van der Waals surface area contributed by atoms with Crippen LogP contribution in [0.2, 0.25) is 0 Å². The van der Waals surface area contributed by atoms with Crippen LogP contribution in [0.3, 0.4) is 0 Å². The molecular weight excluding hydrogens is 504 g/mol. The van der Waals surface area contributed by atoms with Crippen LogP contribution in [-0.2, 0) is 9.59 Å². The molecule has 29 heavy (non-hydrogen) atoms. The van der Waals surface area contributed by atoms with Crippen LogP contribution in [0.25, 0.3) is 6.08 Å². The number of benzene rings is 2. The van der Waals surface area contributed by atoms with Crippen LogP contribution in [0.1, 0.15) is 11.1 Å². The maximum Gasteiger partial charge on any atom is 0.335 e. The summed E-state index contributed by atoms with van der Waals surface area (Å²) in [5.74, 6) is -0.866. The van der Waals surface area contributed by atoms with E-state index in [4.69, 9.17) is 4.74 Å². The van der Waals surface area contributed by atoms with E-state index in [9.17, 15) is 14.4 Å². The summed E-state index contributed by atoms with van der Waals surface area (Å²) in [5.41, 5.74) is 1.70. The third-order valence-corrected chi connectivity index (χ3v) is 5.22. The van der Waals surface area contributed by atoms with E-state index in [2.05, 4.69) is 43.8 Å². The monoisotopic (exact) mass is 518 g/mol. The highest BCUT2D eigenvalue weighted by Crippen LogP contribution is 2.35. The van der Waals surface area contributed by atoms with E-state index in [-0.39, 0.29) is 5.57 Å². The highest BCUT2D eigenvalue weighted by molar-refractivity contribution is 9.11. The third-order valence-electron chi connectivity index (χ3n) is 4.04. The number of nitrogens with zero attached hydrogens (tertiary/aromatic N) is 1. The minimum Gasteiger partial charge on any atom is -0.487 e. The summed E-state index contributed by atoms with van der Waals surface area (Å²) in [7, 11) is 0. The molecule has 148 valence electrons. The molecule has 1 saturated heterocycles. The summed E-state index contributed by atoms with van der Waals surface area (Å²) in [6, 6.07) is 9.57. The summed E-state index contributed by atoms with van der Waals surface area (Å²) in [4.78, 5) is 38.5. The summed E-state index contributed by atoms with van der Waals surface area (Å²) >= 11 is 6.84. The molecule has 2 aromatic carbocycles. The molecule has 1 aliphatic rings. The van der Waals surface area contributed by atoms with Crippen LogP contribution in [-0.4, -0.2) is 24.5 Å². The van der Waals surface area contributed by atoms with E-state index in [1.165, 1.54) is 6.08 Å². The van der Waals surface area contributed by atoms with Crippen molar-refractivity contribution in [1.29, 1.82) is 0 Å². The van der Waals surface area contributed by atoms with E-state index in [1.54, 1.807) is 36.4 Å². The van der Waals surface area contributed by atoms with Crippen LogP contribution in [0, 0.1) is 6.92 Å². The van der Waals surface area contributed by atoms with Crippen molar-refractivity contribution in [3.63, 3.8) is 0 Å². The molecule has 3 rings (SSSR count). The van der Waals surface area contributed by atoms with Crippen LogP contribution in [0.15, 0.2) is 63.6 Å². The lowest BCUT2D eigenvalue weighted by Gasteiger charge is -2.26. The molecule has 0 unspecified atom stereocenters. The van der Waals surface area contributed by atoms with Crippen LogP contribution < -0.4 is 15.0 Å². The van der Waals surface area contributed by atoms with Gasteiger partial charge in [0.05, 0.1) is 14.6 Å². The van der Waals surface area contributed by atoms with Crippen molar-refractivity contribution >= 4 is 61.5 Å². The number of amides is 4. The Morgan fingerprint density at radius 1 is 1.14 bits per heavy atom. The van der Waals surface area contributed by atoms with Crippen molar-refractivity contribution < 1.29 is 19.1 Å². The molecule has 0 atom stereocenters. The predicted octanol–water partition coefficient (Wildman–Crippen LogP) is 4.75. The maximum absolute atomic E-state index is 13.0. The average Bonchev–Trinajstić information content (AvgIpc) is 2.64. The molecular formula is C21H16Br2N2O4. The Hall–Kier alpha value is -2.71. The topological polar surface area (TPSA) is 75.7 Å². The van der Waals surface area contributed by atoms with E-state index in [1.807, 2.05) is 13.0 Å². The van der Waals surface area contributed by atoms with Crippen molar-refractivity contribution in [2.24, 2.45) is 0 Å². The minimum absolute atomic E-state index is 0.148. The Morgan fingerprint density at radius 3 is 2.45 bits per heavy atom. The number of rotatable bonds is 5. The Labute approximate surface area is 184 Å². The number of halogens is 2. The zero-order valence-electron chi connectivity index (χ0n) is 15.4. The number of hydrogen-bond donors (Lipinski definition) is 1. The van der Waals surface area contributed by atoms with E-state index >= 15 is 0 Å². The molecule has 0 spiro atoms. The van der Waals surface area contributed by atoms with Gasteiger partial charge in [0.25, 0.3) is 11.8 Å². The summed E-state index contributed by atoms with van der Waals surface area (Å²) in [6.07, 6.45) is 3.05. The smallest absolute Gasteiger partial charge is 0.335 e. The number of barbiturate groups is 1. The van der Waals surface area contributed by atoms with Crippen LogP contribution in [0.5, 0.6) is 5.75 Å². The fourth-order valence-electron chi connectivity index (χ4n) is 2.77. The quantitative estimate of drug-likeness (QED) is 0.351. The normalized spacial score (nSPS) is 15.5. The first-order valence-electron chi connectivity index (χ1n) is 8.52. The highest BCUT2D eigenvalue weighted by Gasteiger charge is 2.36. The summed E-state index contributed by atoms with van der Waals surface area (Å²) < 4.78 is 6.84. The van der Waals surface area contributed by atoms with E-state index in [0.29, 0.717) is 32.6 Å². The maximum atomic E-state index is 13.0. The second kappa shape index (κ2) is 8.75. The van der Waals surface area contributed by atoms with Gasteiger partial charge in [-0.2, -0.15) is 0 Å². The lowest BCUT2D eigenvalue weighted by atomic mass is 10.1. The third kappa shape index (κ3) is 4.49. The van der Waals surface area contributed by atoms with Gasteiger partial charge >= 0.3 is 6.03 Å². The molecule has 1 fully saturated rings. The number of ether oxygens (including phenoxy) is 1. The lowest BCUT2D eigenvalue weighted by molar-refractivity contribution is -0.122. The Kier molecular flexibility index (Phi) is 6.34. The van der Waals surface area contributed by atoms with Crippen LogP contribution >= 0.6 is 31.9 Å². The van der Waals surface area contributed by atoms with Crippen molar-refractivity contribution in [3.8, 4) is 5.75 Å². The zero-order chi connectivity index (χ0) is 21.1. The largest absolute Gasteiger partial charge is 0.487 e. The predicted molar refractivity (Wildman–Crippen MR) is 118 cm³/mol. The number of imide groups is 2. The highest BCUT2D eigenvalue weighted by atomic mass is 79.9. The van der Waals surface area contributed by atoms with Gasteiger partial charge in [0.1, 0.15) is 17.9 Å². The molecule has 0 aliphatic carbocycles. The first-order valence-corrected chi connectivity index (χ1v) is 10.1. The SMILES string of the molecule is C=CCOc1c(Br)cc(/C=C2/C(=O)NC(=O)N(c3cccc(C)c3)C2=O)cc1Br. The van der Waals surface area contributed by atoms with Crippen molar-refractivity contribution in [2.75, 3.05) is 11.5 Å². The van der Waals surface area contributed by atoms with Gasteiger partial charge in [-0.1, -0.05) is 24.8 Å². The average molecular weight is 520 g/mol. The van der Waals surface area contributed by atoms with Gasteiger partial charge in [-0.3, -0.25) is 14.9 Å². The standard InChI is InChI=1S/C21H16Br2N2O4/c1-3-7-29-18-16(22)10-13(11-17(18)23)9-15-19(26)24-21(28)25(20(15)27)14-6-4-5-12(2)8-14/h3-6,8-11H,1,7H2,2H3,(H,24,26,28)/b15-9-. The van der Waals surface area contributed by atoms with Gasteiger partial charge in [-0.25, -0.2) is 9.69 Å². The van der Waals surface area contributed by atoms with Gasteiger partial charge in [0.15, 0.2) is 0 Å². The molecule has 1 aliphatic heterocycles. The Balaban J connectivity index is 1.99. The molecule has 4 amide bonds. The first kappa shape index (κ1) is 21.0. The van der Waals surface area contributed by atoms with E-state index < -0.39 is 17.8 Å². The van der Waals surface area contributed by atoms with Crippen LogP contribution in [0.4, 0.5) is 10.5 Å². The molecule has 1 N–H and O–H groups in total. The number of aryl methyl sites for hydroxylation is 1. The van der Waals surface area contributed by atoms with Gasteiger partial charge in [0, 0.05) is 0 Å². The molecule has 0 aromatic heterocycles. The zero-order valence-corrected chi connectivity index (χ0v) is 18.5. The molecule has 0 saturated carbocycles. The fraction of sp³-hybridized carbons (Fsp3) is 0.0952. The van der Waals surface area contributed by atoms with E-state index in [0.717, 1.165) is 10.5 Å². The summed E-state index contributed by atoms with van der Waals surface area (Å²) in [6.45, 7) is 5.79.